The first kappa shape index (κ1) is 8.96. The van der Waals surface area contributed by atoms with E-state index in [9.17, 15) is 10.1 Å². The molecule has 1 rings (SSSR count). The minimum Gasteiger partial charge on any atom is -0.358 e. The van der Waals surface area contributed by atoms with E-state index in [1.54, 1.807) is 27.7 Å². The number of nitrogens with zero attached hydrogens (tertiary/aromatic N) is 2. The van der Waals surface area contributed by atoms with E-state index >= 15 is 0 Å². The average Bonchev–Trinajstić information content (AvgIpc) is 2.03. The van der Waals surface area contributed by atoms with Gasteiger partial charge in [0.05, 0.1) is 0 Å². The molecule has 12 heavy (non-hydrogen) atoms. The van der Waals surface area contributed by atoms with Crippen LogP contribution in [0.5, 0.6) is 0 Å². The minimum absolute atomic E-state index is 0.104. The van der Waals surface area contributed by atoms with Crippen molar-refractivity contribution in [3.8, 4) is 0 Å². The Kier molecular flexibility index (Phi) is 1.63. The summed E-state index contributed by atoms with van der Waals surface area (Å²) in [5, 5.41) is 14.0. The smallest absolute Gasteiger partial charge is 0.358 e. The van der Waals surface area contributed by atoms with Crippen LogP contribution in [0, 0.1) is 15.5 Å². The van der Waals surface area contributed by atoms with Gasteiger partial charge < -0.3 is 10.1 Å². The lowest BCUT2D eigenvalue weighted by atomic mass is 9.77. The SMILES string of the molecule is CC1(C)ON=C([N+](=O)[O-])C1(C)C. The fourth-order valence-corrected chi connectivity index (χ4v) is 0.916. The lowest BCUT2D eigenvalue weighted by molar-refractivity contribution is -0.360. The number of amidine groups is 1. The maximum Gasteiger partial charge on any atom is 0.395 e. The lowest BCUT2D eigenvalue weighted by Crippen LogP contribution is -2.43. The van der Waals surface area contributed by atoms with Crippen molar-refractivity contribution in [2.45, 2.75) is 33.3 Å². The van der Waals surface area contributed by atoms with E-state index in [2.05, 4.69) is 5.16 Å². The maximum atomic E-state index is 10.5. The Morgan fingerprint density at radius 1 is 1.42 bits per heavy atom. The van der Waals surface area contributed by atoms with Crippen LogP contribution in [0.2, 0.25) is 0 Å². The van der Waals surface area contributed by atoms with Gasteiger partial charge in [-0.2, -0.15) is 0 Å². The molecule has 0 unspecified atom stereocenters. The van der Waals surface area contributed by atoms with E-state index in [4.69, 9.17) is 4.84 Å². The molecule has 0 N–H and O–H groups in total. The third-order valence-corrected chi connectivity index (χ3v) is 2.60. The number of hydrogen-bond acceptors (Lipinski definition) is 4. The van der Waals surface area contributed by atoms with Crippen LogP contribution in [-0.4, -0.2) is 16.4 Å². The van der Waals surface area contributed by atoms with Gasteiger partial charge in [-0.25, -0.2) is 0 Å². The zero-order valence-electron chi connectivity index (χ0n) is 7.62. The van der Waals surface area contributed by atoms with Crippen LogP contribution in [0.4, 0.5) is 0 Å². The largest absolute Gasteiger partial charge is 0.395 e. The predicted molar refractivity (Wildman–Crippen MR) is 43.4 cm³/mol. The summed E-state index contributed by atoms with van der Waals surface area (Å²) in [6.45, 7) is 7.07. The van der Waals surface area contributed by atoms with Crippen LogP contribution in [0.15, 0.2) is 5.16 Å². The Morgan fingerprint density at radius 3 is 2.08 bits per heavy atom. The molecule has 0 aliphatic carbocycles. The summed E-state index contributed by atoms with van der Waals surface area (Å²) in [5.41, 5.74) is -1.24. The summed E-state index contributed by atoms with van der Waals surface area (Å²) in [6, 6.07) is 0. The quantitative estimate of drug-likeness (QED) is 0.410. The third kappa shape index (κ3) is 0.964. The monoisotopic (exact) mass is 172 g/mol. The minimum atomic E-state index is -0.642. The summed E-state index contributed by atoms with van der Waals surface area (Å²) in [4.78, 5) is 15.0. The average molecular weight is 172 g/mol. The van der Waals surface area contributed by atoms with Gasteiger partial charge in [0, 0.05) is 0 Å². The second kappa shape index (κ2) is 2.18. The molecule has 0 aromatic heterocycles. The lowest BCUT2D eigenvalue weighted by Gasteiger charge is -2.26. The molecular formula is C7H12N2O3. The number of hydrogen-bond donors (Lipinski definition) is 0. The van der Waals surface area contributed by atoms with Gasteiger partial charge in [0.2, 0.25) is 0 Å². The van der Waals surface area contributed by atoms with Gasteiger partial charge >= 0.3 is 5.84 Å². The van der Waals surface area contributed by atoms with Gasteiger partial charge in [0.15, 0.2) is 10.8 Å². The Morgan fingerprint density at radius 2 is 1.92 bits per heavy atom. The Bertz CT molecular complexity index is 255. The van der Waals surface area contributed by atoms with Gasteiger partial charge in [-0.05, 0) is 32.6 Å². The van der Waals surface area contributed by atoms with E-state index < -0.39 is 15.9 Å². The summed E-state index contributed by atoms with van der Waals surface area (Å²) < 4.78 is 0. The third-order valence-electron chi connectivity index (χ3n) is 2.60. The van der Waals surface area contributed by atoms with E-state index in [0.717, 1.165) is 0 Å². The van der Waals surface area contributed by atoms with Crippen LogP contribution in [0.3, 0.4) is 0 Å². The van der Waals surface area contributed by atoms with Crippen molar-refractivity contribution < 1.29 is 9.76 Å². The highest BCUT2D eigenvalue weighted by Gasteiger charge is 2.57. The van der Waals surface area contributed by atoms with Crippen molar-refractivity contribution in [3.05, 3.63) is 10.1 Å². The molecule has 1 aliphatic rings. The fourth-order valence-electron chi connectivity index (χ4n) is 0.916. The fraction of sp³-hybridized carbons (Fsp3) is 0.857. The van der Waals surface area contributed by atoms with E-state index in [0.29, 0.717) is 0 Å². The molecule has 1 heterocycles. The molecule has 0 radical (unpaired) electrons. The maximum absolute atomic E-state index is 10.5. The highest BCUT2D eigenvalue weighted by molar-refractivity contribution is 5.82. The zero-order chi connectivity index (χ0) is 9.57. The second-order valence-corrected chi connectivity index (χ2v) is 3.90. The molecule has 0 atom stereocenters. The van der Waals surface area contributed by atoms with Crippen molar-refractivity contribution >= 4 is 5.84 Å². The van der Waals surface area contributed by atoms with E-state index in [1.165, 1.54) is 0 Å². The summed E-state index contributed by atoms with van der Waals surface area (Å²) in [6.07, 6.45) is 0. The van der Waals surface area contributed by atoms with Gasteiger partial charge in [-0.15, -0.1) is 0 Å². The van der Waals surface area contributed by atoms with Crippen LogP contribution in [0.1, 0.15) is 27.7 Å². The molecule has 68 valence electrons. The Balaban J connectivity index is 3.04. The topological polar surface area (TPSA) is 64.7 Å². The van der Waals surface area contributed by atoms with Crippen molar-refractivity contribution in [3.63, 3.8) is 0 Å². The molecule has 0 amide bonds. The van der Waals surface area contributed by atoms with E-state index in [-0.39, 0.29) is 5.84 Å². The standard InChI is InChI=1S/C7H12N2O3/c1-6(2)5(9(10)11)8-12-7(6,3)4/h1-4H3. The molecule has 0 saturated carbocycles. The molecular weight excluding hydrogens is 160 g/mol. The zero-order valence-corrected chi connectivity index (χ0v) is 7.62. The number of rotatable bonds is 0. The molecule has 0 aromatic rings. The van der Waals surface area contributed by atoms with Crippen LogP contribution in [-0.2, 0) is 4.84 Å². The summed E-state index contributed by atoms with van der Waals surface area (Å²) in [7, 11) is 0. The second-order valence-electron chi connectivity index (χ2n) is 3.90. The molecule has 0 fully saturated rings. The first-order valence-electron chi connectivity index (χ1n) is 3.70. The van der Waals surface area contributed by atoms with Gasteiger partial charge in [-0.1, -0.05) is 0 Å². The molecule has 0 bridgehead atoms. The predicted octanol–water partition coefficient (Wildman–Crippen LogP) is 1.41. The van der Waals surface area contributed by atoms with E-state index in [1.807, 2.05) is 0 Å². The summed E-state index contributed by atoms with van der Waals surface area (Å²) in [5.74, 6) is -0.104. The Labute approximate surface area is 70.5 Å². The normalized spacial score (nSPS) is 24.5. The van der Waals surface area contributed by atoms with Crippen molar-refractivity contribution in [1.29, 1.82) is 0 Å². The highest BCUT2D eigenvalue weighted by atomic mass is 16.7. The van der Waals surface area contributed by atoms with Gasteiger partial charge in [-0.3, -0.25) is 4.84 Å². The molecule has 0 aromatic carbocycles. The first-order valence-corrected chi connectivity index (χ1v) is 3.70. The molecule has 0 spiro atoms. The van der Waals surface area contributed by atoms with Crippen molar-refractivity contribution in [1.82, 2.24) is 0 Å². The van der Waals surface area contributed by atoms with Crippen LogP contribution < -0.4 is 0 Å². The van der Waals surface area contributed by atoms with Crippen LogP contribution in [0.25, 0.3) is 0 Å². The molecule has 0 saturated heterocycles. The van der Waals surface area contributed by atoms with Crippen LogP contribution >= 0.6 is 0 Å². The number of nitro groups is 1. The molecule has 5 nitrogen and oxygen atoms in total. The van der Waals surface area contributed by atoms with Crippen molar-refractivity contribution in [2.24, 2.45) is 10.6 Å². The highest BCUT2D eigenvalue weighted by Crippen LogP contribution is 2.40. The first-order chi connectivity index (χ1) is 5.29. The molecule has 5 heteroatoms. The van der Waals surface area contributed by atoms with Gasteiger partial charge in [0.25, 0.3) is 0 Å². The van der Waals surface area contributed by atoms with Gasteiger partial charge in [0.1, 0.15) is 5.41 Å². The summed E-state index contributed by atoms with van der Waals surface area (Å²) >= 11 is 0. The Hall–Kier alpha value is -1.13. The number of oxime groups is 1. The molecule has 1 aliphatic heterocycles. The van der Waals surface area contributed by atoms with Crippen molar-refractivity contribution in [2.75, 3.05) is 0 Å².